The Bertz CT molecular complexity index is 596. The second kappa shape index (κ2) is 6.64. The number of hydrogen-bond donors (Lipinski definition) is 2. The largest absolute Gasteiger partial charge is 0.455 e. The molecule has 0 aromatic carbocycles. The molecule has 3 N–H and O–H groups in total. The summed E-state index contributed by atoms with van der Waals surface area (Å²) in [5, 5.41) is 2.22. The van der Waals surface area contributed by atoms with Gasteiger partial charge in [-0.2, -0.15) is 0 Å². The fourth-order valence-corrected chi connectivity index (χ4v) is 3.52. The molecular formula is C15H23N3O5S. The molecule has 0 saturated carbocycles. The highest BCUT2D eigenvalue weighted by Crippen LogP contribution is 2.39. The Morgan fingerprint density at radius 1 is 1.38 bits per heavy atom. The van der Waals surface area contributed by atoms with Gasteiger partial charge >= 0.3 is 12.1 Å². The van der Waals surface area contributed by atoms with Gasteiger partial charge in [0.2, 0.25) is 5.91 Å². The zero-order valence-electron chi connectivity index (χ0n) is 14.4. The molecule has 8 nitrogen and oxygen atoms in total. The maximum atomic E-state index is 12.6. The van der Waals surface area contributed by atoms with Crippen molar-refractivity contribution in [2.75, 3.05) is 5.75 Å². The maximum absolute atomic E-state index is 12.6. The smallest absolute Gasteiger partial charge is 0.411 e. The zero-order chi connectivity index (χ0) is 18.2. The Morgan fingerprint density at radius 3 is 2.54 bits per heavy atom. The summed E-state index contributed by atoms with van der Waals surface area (Å²) in [5.41, 5.74) is 5.36. The quantitative estimate of drug-likeness (QED) is 0.570. The molecule has 2 aliphatic rings. The van der Waals surface area contributed by atoms with Gasteiger partial charge < -0.3 is 15.2 Å². The van der Waals surface area contributed by atoms with Crippen LogP contribution in [0.5, 0.6) is 0 Å². The molecule has 0 aromatic rings. The van der Waals surface area contributed by atoms with Crippen LogP contribution in [-0.4, -0.2) is 51.7 Å². The molecule has 0 aliphatic carbocycles. The number of amides is 2. The minimum Gasteiger partial charge on any atom is -0.455 e. The fraction of sp³-hybridized carbons (Fsp3) is 0.667. The summed E-state index contributed by atoms with van der Waals surface area (Å²) in [4.78, 5) is 37.8. The number of hydrogen-bond acceptors (Lipinski definition) is 7. The predicted molar refractivity (Wildman–Crippen MR) is 88.7 cm³/mol. The topological polar surface area (TPSA) is 111 Å². The Kier molecular flexibility index (Phi) is 5.14. The van der Waals surface area contributed by atoms with Crippen molar-refractivity contribution in [1.82, 2.24) is 10.2 Å². The Balaban J connectivity index is 2.30. The van der Waals surface area contributed by atoms with Gasteiger partial charge in [-0.05, 0) is 34.6 Å². The van der Waals surface area contributed by atoms with Crippen LogP contribution in [0, 0.1) is 0 Å². The molecule has 2 heterocycles. The number of nitrogens with two attached hydrogens (primary N) is 1. The van der Waals surface area contributed by atoms with Crippen molar-refractivity contribution >= 4 is 29.7 Å². The molecule has 1 fully saturated rings. The maximum Gasteiger partial charge on any atom is 0.411 e. The first-order chi connectivity index (χ1) is 11.0. The summed E-state index contributed by atoms with van der Waals surface area (Å²) >= 11 is 1.38. The highest BCUT2D eigenvalue weighted by molar-refractivity contribution is 8.00. The molecule has 9 heteroatoms. The first-order valence-electron chi connectivity index (χ1n) is 7.65. The molecule has 2 rings (SSSR count). The lowest BCUT2D eigenvalue weighted by atomic mass is 10.1. The van der Waals surface area contributed by atoms with Gasteiger partial charge in [-0.25, -0.2) is 9.59 Å². The number of carbonyl (C=O) groups excluding carboxylic acids is 3. The number of nitrogens with one attached hydrogen (secondary N) is 1. The van der Waals surface area contributed by atoms with E-state index in [9.17, 15) is 14.4 Å². The van der Waals surface area contributed by atoms with E-state index in [0.29, 0.717) is 5.75 Å². The van der Waals surface area contributed by atoms with E-state index in [4.69, 9.17) is 15.2 Å². The number of fused-ring (bicyclic) bond motifs is 1. The molecule has 0 bridgehead atoms. The minimum absolute atomic E-state index is 0.0288. The highest BCUT2D eigenvalue weighted by atomic mass is 32.2. The molecule has 2 atom stereocenters. The second-order valence-electron chi connectivity index (χ2n) is 6.84. The van der Waals surface area contributed by atoms with Gasteiger partial charge in [-0.1, -0.05) is 0 Å². The summed E-state index contributed by atoms with van der Waals surface area (Å²) in [7, 11) is 0. The number of ether oxygens (including phenoxy) is 2. The van der Waals surface area contributed by atoms with Crippen LogP contribution in [0.15, 0.2) is 11.4 Å². The number of thioether (sulfide) groups is 1. The van der Waals surface area contributed by atoms with Crippen molar-refractivity contribution < 1.29 is 23.9 Å². The number of β-lactam (4-membered cyclic amide) rings is 1. The summed E-state index contributed by atoms with van der Waals surface area (Å²) in [6.07, 6.45) is -0.990. The predicted octanol–water partition coefficient (Wildman–Crippen LogP) is 0.917. The van der Waals surface area contributed by atoms with Crippen molar-refractivity contribution in [2.45, 2.75) is 57.7 Å². The monoisotopic (exact) mass is 357 g/mol. The Morgan fingerprint density at radius 2 is 2.00 bits per heavy atom. The average molecular weight is 357 g/mol. The second-order valence-corrected chi connectivity index (χ2v) is 7.95. The van der Waals surface area contributed by atoms with E-state index in [1.807, 2.05) is 0 Å². The third-order valence-corrected chi connectivity index (χ3v) is 4.50. The molecule has 0 aromatic heterocycles. The Hall–Kier alpha value is -1.74. The van der Waals surface area contributed by atoms with Crippen molar-refractivity contribution in [3.05, 3.63) is 11.4 Å². The van der Waals surface area contributed by atoms with E-state index in [0.717, 1.165) is 0 Å². The van der Waals surface area contributed by atoms with Crippen LogP contribution in [-0.2, 0) is 19.1 Å². The van der Waals surface area contributed by atoms with E-state index in [1.165, 1.54) is 16.7 Å². The van der Waals surface area contributed by atoms with E-state index in [1.54, 1.807) is 34.6 Å². The number of esters is 1. The molecule has 24 heavy (non-hydrogen) atoms. The van der Waals surface area contributed by atoms with Gasteiger partial charge in [0.05, 0.1) is 11.8 Å². The van der Waals surface area contributed by atoms with Crippen LogP contribution in [0.1, 0.15) is 34.6 Å². The van der Waals surface area contributed by atoms with Gasteiger partial charge in [0.15, 0.2) is 5.70 Å². The normalized spacial score (nSPS) is 23.6. The summed E-state index contributed by atoms with van der Waals surface area (Å²) in [6, 6.07) is -0.656. The van der Waals surface area contributed by atoms with Gasteiger partial charge in [-0.3, -0.25) is 15.0 Å². The summed E-state index contributed by atoms with van der Waals surface area (Å²) in [5.74, 6) is -0.721. The van der Waals surface area contributed by atoms with Crippen LogP contribution < -0.4 is 11.1 Å². The molecule has 0 radical (unpaired) electrons. The van der Waals surface area contributed by atoms with Gasteiger partial charge in [0, 0.05) is 5.75 Å². The van der Waals surface area contributed by atoms with Crippen molar-refractivity contribution in [1.29, 1.82) is 0 Å². The van der Waals surface area contributed by atoms with E-state index in [2.05, 4.69) is 5.32 Å². The van der Waals surface area contributed by atoms with Crippen LogP contribution in [0.3, 0.4) is 0 Å². The van der Waals surface area contributed by atoms with Gasteiger partial charge in [-0.15, -0.1) is 11.8 Å². The van der Waals surface area contributed by atoms with Crippen LogP contribution in [0.4, 0.5) is 4.79 Å². The molecule has 1 saturated heterocycles. The fourth-order valence-electron chi connectivity index (χ4n) is 2.29. The van der Waals surface area contributed by atoms with Gasteiger partial charge in [0.25, 0.3) is 0 Å². The molecule has 2 aliphatic heterocycles. The SMILES string of the molecule is CC(C)OC(=O)NC1=C(C(=O)OC(C)(C)C)N2C(=O)C(N)[C@H]2SC1. The highest BCUT2D eigenvalue weighted by Gasteiger charge is 2.52. The zero-order valence-corrected chi connectivity index (χ0v) is 15.2. The molecule has 134 valence electrons. The van der Waals surface area contributed by atoms with E-state index >= 15 is 0 Å². The van der Waals surface area contributed by atoms with Crippen LogP contribution >= 0.6 is 11.8 Å². The van der Waals surface area contributed by atoms with Crippen molar-refractivity contribution in [3.63, 3.8) is 0 Å². The number of rotatable bonds is 3. The van der Waals surface area contributed by atoms with Crippen LogP contribution in [0.25, 0.3) is 0 Å². The standard InChI is InChI=1S/C15H23N3O5S/c1-7(2)22-14(21)17-8-6-24-12-9(16)11(19)18(12)10(8)13(20)23-15(3,4)5/h7,9,12H,6,16H2,1-5H3,(H,17,21)/t9?,12-/m1/s1. The number of alkyl carbamates (subject to hydrolysis) is 1. The average Bonchev–Trinajstić information content (AvgIpc) is 2.43. The summed E-state index contributed by atoms with van der Waals surface area (Å²) in [6.45, 7) is 8.61. The van der Waals surface area contributed by atoms with Gasteiger partial charge in [0.1, 0.15) is 17.0 Å². The lowest BCUT2D eigenvalue weighted by Crippen LogP contribution is -2.69. The first-order valence-corrected chi connectivity index (χ1v) is 8.70. The van der Waals surface area contributed by atoms with E-state index < -0.39 is 23.7 Å². The molecule has 0 spiro atoms. The van der Waals surface area contributed by atoms with E-state index in [-0.39, 0.29) is 28.8 Å². The lowest BCUT2D eigenvalue weighted by molar-refractivity contribution is -0.158. The first kappa shape index (κ1) is 18.6. The molecule has 1 unspecified atom stereocenters. The van der Waals surface area contributed by atoms with Crippen LogP contribution in [0.2, 0.25) is 0 Å². The lowest BCUT2D eigenvalue weighted by Gasteiger charge is -2.48. The number of carbonyl (C=O) groups is 3. The van der Waals surface area contributed by atoms with Crippen molar-refractivity contribution in [3.8, 4) is 0 Å². The third kappa shape index (κ3) is 3.84. The third-order valence-electron chi connectivity index (χ3n) is 3.20. The minimum atomic E-state index is -0.732. The molecule has 2 amide bonds. The summed E-state index contributed by atoms with van der Waals surface area (Å²) < 4.78 is 10.4. The van der Waals surface area contributed by atoms with Crippen molar-refractivity contribution in [2.24, 2.45) is 5.73 Å². The molecular weight excluding hydrogens is 334 g/mol. The Labute approximate surface area is 145 Å². The number of nitrogens with zero attached hydrogens (tertiary/aromatic N) is 1.